The SMILES string of the molecule is O=C(Cc1ccc2ccccc2c1)NCC1CCC(Br)C1. The second kappa shape index (κ2) is 6.61. The van der Waals surface area contributed by atoms with Gasteiger partial charge in [0.1, 0.15) is 0 Å². The zero-order valence-electron chi connectivity index (χ0n) is 12.0. The minimum Gasteiger partial charge on any atom is -0.356 e. The topological polar surface area (TPSA) is 29.1 Å². The maximum absolute atomic E-state index is 12.1. The van der Waals surface area contributed by atoms with Crippen molar-refractivity contribution >= 4 is 32.6 Å². The lowest BCUT2D eigenvalue weighted by Crippen LogP contribution is -2.29. The van der Waals surface area contributed by atoms with Crippen molar-refractivity contribution in [3.63, 3.8) is 0 Å². The Morgan fingerprint density at radius 3 is 2.71 bits per heavy atom. The first-order valence-corrected chi connectivity index (χ1v) is 8.51. The number of halogens is 1. The summed E-state index contributed by atoms with van der Waals surface area (Å²) in [7, 11) is 0. The third-order valence-corrected chi connectivity index (χ3v) is 5.08. The van der Waals surface area contributed by atoms with Crippen LogP contribution in [-0.4, -0.2) is 17.3 Å². The molecule has 1 N–H and O–H groups in total. The van der Waals surface area contributed by atoms with E-state index in [1.165, 1.54) is 30.0 Å². The van der Waals surface area contributed by atoms with E-state index >= 15 is 0 Å². The Labute approximate surface area is 134 Å². The maximum Gasteiger partial charge on any atom is 0.224 e. The Hall–Kier alpha value is -1.35. The lowest BCUT2D eigenvalue weighted by molar-refractivity contribution is -0.120. The van der Waals surface area contributed by atoms with Crippen molar-refractivity contribution < 1.29 is 4.79 Å². The van der Waals surface area contributed by atoms with Crippen molar-refractivity contribution in [1.29, 1.82) is 0 Å². The average molecular weight is 346 g/mol. The Kier molecular flexibility index (Phi) is 4.59. The molecule has 1 fully saturated rings. The van der Waals surface area contributed by atoms with Crippen LogP contribution in [0, 0.1) is 5.92 Å². The second-order valence-corrected chi connectivity index (χ2v) is 7.23. The van der Waals surface area contributed by atoms with Gasteiger partial charge in [-0.05, 0) is 41.5 Å². The molecule has 2 atom stereocenters. The number of amides is 1. The molecule has 0 spiro atoms. The molecule has 2 aromatic rings. The minimum absolute atomic E-state index is 0.128. The summed E-state index contributed by atoms with van der Waals surface area (Å²) in [5.74, 6) is 0.762. The van der Waals surface area contributed by atoms with Crippen molar-refractivity contribution in [2.75, 3.05) is 6.54 Å². The van der Waals surface area contributed by atoms with Crippen LogP contribution in [0.3, 0.4) is 0 Å². The van der Waals surface area contributed by atoms with E-state index < -0.39 is 0 Å². The standard InChI is InChI=1S/C18H20BrNO/c19-17-8-6-14(10-17)12-20-18(21)11-13-5-7-15-3-1-2-4-16(15)9-13/h1-5,7,9,14,17H,6,8,10-12H2,(H,20,21). The van der Waals surface area contributed by atoms with Gasteiger partial charge in [0.25, 0.3) is 0 Å². The van der Waals surface area contributed by atoms with E-state index in [9.17, 15) is 4.79 Å². The van der Waals surface area contributed by atoms with E-state index in [2.05, 4.69) is 45.5 Å². The van der Waals surface area contributed by atoms with Crippen LogP contribution in [0.25, 0.3) is 10.8 Å². The predicted octanol–water partition coefficient (Wildman–Crippen LogP) is 4.06. The fourth-order valence-electron chi connectivity index (χ4n) is 3.05. The average Bonchev–Trinajstić information content (AvgIpc) is 2.91. The van der Waals surface area contributed by atoms with E-state index in [0.29, 0.717) is 17.2 Å². The Balaban J connectivity index is 1.56. The first-order chi connectivity index (χ1) is 10.2. The molecule has 0 radical (unpaired) electrons. The molecule has 0 aliphatic heterocycles. The van der Waals surface area contributed by atoms with Gasteiger partial charge in [0, 0.05) is 11.4 Å². The largest absolute Gasteiger partial charge is 0.356 e. The lowest BCUT2D eigenvalue weighted by Gasteiger charge is -2.11. The highest BCUT2D eigenvalue weighted by atomic mass is 79.9. The summed E-state index contributed by atoms with van der Waals surface area (Å²) in [5, 5.41) is 5.50. The molecular formula is C18H20BrNO. The fraction of sp³-hybridized carbons (Fsp3) is 0.389. The first-order valence-electron chi connectivity index (χ1n) is 7.59. The molecule has 110 valence electrons. The summed E-state index contributed by atoms with van der Waals surface area (Å²) in [4.78, 5) is 12.7. The third kappa shape index (κ3) is 3.85. The number of hydrogen-bond donors (Lipinski definition) is 1. The van der Waals surface area contributed by atoms with Gasteiger partial charge in [-0.25, -0.2) is 0 Å². The Bertz CT molecular complexity index is 640. The van der Waals surface area contributed by atoms with Crippen LogP contribution >= 0.6 is 15.9 Å². The highest BCUT2D eigenvalue weighted by Crippen LogP contribution is 2.30. The number of carbonyl (C=O) groups excluding carboxylic acids is 1. The monoisotopic (exact) mass is 345 g/mol. The van der Waals surface area contributed by atoms with Gasteiger partial charge in [0.2, 0.25) is 5.91 Å². The summed E-state index contributed by atoms with van der Waals surface area (Å²) in [6, 6.07) is 14.5. The molecular weight excluding hydrogens is 326 g/mol. The quantitative estimate of drug-likeness (QED) is 0.831. The van der Waals surface area contributed by atoms with Crippen molar-refractivity contribution in [2.45, 2.75) is 30.5 Å². The van der Waals surface area contributed by atoms with Gasteiger partial charge in [0.05, 0.1) is 6.42 Å². The van der Waals surface area contributed by atoms with Crippen LogP contribution in [0.5, 0.6) is 0 Å². The van der Waals surface area contributed by atoms with Crippen molar-refractivity contribution in [2.24, 2.45) is 5.92 Å². The van der Waals surface area contributed by atoms with Crippen LogP contribution in [0.1, 0.15) is 24.8 Å². The van der Waals surface area contributed by atoms with E-state index in [0.717, 1.165) is 12.1 Å². The molecule has 2 aromatic carbocycles. The van der Waals surface area contributed by atoms with Crippen molar-refractivity contribution in [1.82, 2.24) is 5.32 Å². The molecule has 0 heterocycles. The molecule has 3 rings (SSSR count). The molecule has 21 heavy (non-hydrogen) atoms. The molecule has 3 heteroatoms. The number of nitrogens with one attached hydrogen (secondary N) is 1. The summed E-state index contributed by atoms with van der Waals surface area (Å²) >= 11 is 3.65. The summed E-state index contributed by atoms with van der Waals surface area (Å²) in [6.45, 7) is 0.814. The maximum atomic E-state index is 12.1. The lowest BCUT2D eigenvalue weighted by atomic mass is 10.0. The summed E-state index contributed by atoms with van der Waals surface area (Å²) in [6.07, 6.45) is 4.09. The van der Waals surface area contributed by atoms with Crippen LogP contribution in [0.15, 0.2) is 42.5 Å². The van der Waals surface area contributed by atoms with E-state index in [-0.39, 0.29) is 5.91 Å². The highest BCUT2D eigenvalue weighted by molar-refractivity contribution is 9.09. The molecule has 0 bridgehead atoms. The molecule has 1 aliphatic carbocycles. The zero-order valence-corrected chi connectivity index (χ0v) is 13.6. The smallest absolute Gasteiger partial charge is 0.224 e. The van der Waals surface area contributed by atoms with E-state index in [1.807, 2.05) is 18.2 Å². The normalized spacial score (nSPS) is 21.6. The first kappa shape index (κ1) is 14.6. The van der Waals surface area contributed by atoms with Crippen molar-refractivity contribution in [3.8, 4) is 0 Å². The molecule has 1 aliphatic rings. The third-order valence-electron chi connectivity index (χ3n) is 4.24. The number of fused-ring (bicyclic) bond motifs is 1. The second-order valence-electron chi connectivity index (χ2n) is 5.94. The molecule has 2 nitrogen and oxygen atoms in total. The van der Waals surface area contributed by atoms with Crippen LogP contribution < -0.4 is 5.32 Å². The van der Waals surface area contributed by atoms with Crippen LogP contribution in [0.4, 0.5) is 0 Å². The number of hydrogen-bond acceptors (Lipinski definition) is 1. The van der Waals surface area contributed by atoms with E-state index in [1.54, 1.807) is 0 Å². The molecule has 0 saturated heterocycles. The Morgan fingerprint density at radius 1 is 1.14 bits per heavy atom. The van der Waals surface area contributed by atoms with Gasteiger partial charge < -0.3 is 5.32 Å². The molecule has 2 unspecified atom stereocenters. The molecule has 1 saturated carbocycles. The summed E-state index contributed by atoms with van der Waals surface area (Å²) < 4.78 is 0. The predicted molar refractivity (Wildman–Crippen MR) is 90.7 cm³/mol. The zero-order chi connectivity index (χ0) is 14.7. The number of carbonyl (C=O) groups is 1. The number of benzene rings is 2. The number of alkyl halides is 1. The molecule has 1 amide bonds. The van der Waals surface area contributed by atoms with Gasteiger partial charge in [-0.3, -0.25) is 4.79 Å². The Morgan fingerprint density at radius 2 is 1.95 bits per heavy atom. The van der Waals surface area contributed by atoms with Gasteiger partial charge in [-0.1, -0.05) is 58.4 Å². The molecule has 0 aromatic heterocycles. The number of rotatable bonds is 4. The van der Waals surface area contributed by atoms with Gasteiger partial charge in [-0.2, -0.15) is 0 Å². The van der Waals surface area contributed by atoms with Crippen molar-refractivity contribution in [3.05, 3.63) is 48.0 Å². The fourth-order valence-corrected chi connectivity index (χ4v) is 3.85. The highest BCUT2D eigenvalue weighted by Gasteiger charge is 2.22. The summed E-state index contributed by atoms with van der Waals surface area (Å²) in [5.41, 5.74) is 1.08. The van der Waals surface area contributed by atoms with Crippen LogP contribution in [0.2, 0.25) is 0 Å². The van der Waals surface area contributed by atoms with Gasteiger partial charge in [0.15, 0.2) is 0 Å². The minimum atomic E-state index is 0.128. The van der Waals surface area contributed by atoms with E-state index in [4.69, 9.17) is 0 Å². The van der Waals surface area contributed by atoms with Crippen LogP contribution in [-0.2, 0) is 11.2 Å². The van der Waals surface area contributed by atoms with Gasteiger partial charge in [-0.15, -0.1) is 0 Å². The van der Waals surface area contributed by atoms with Gasteiger partial charge >= 0.3 is 0 Å².